The number of carbonyl (C=O) groups excluding carboxylic acids is 1. The van der Waals surface area contributed by atoms with E-state index in [9.17, 15) is 4.79 Å². The molecule has 0 aliphatic carbocycles. The molecule has 4 rings (SSSR count). The van der Waals surface area contributed by atoms with Crippen molar-refractivity contribution in [1.82, 2.24) is 0 Å². The van der Waals surface area contributed by atoms with Gasteiger partial charge >= 0.3 is 6.09 Å². The van der Waals surface area contributed by atoms with Crippen molar-refractivity contribution in [3.05, 3.63) is 108 Å². The van der Waals surface area contributed by atoms with Gasteiger partial charge in [-0.15, -0.1) is 0 Å². The average molecular weight is 382 g/mol. The first-order valence-corrected chi connectivity index (χ1v) is 9.52. The summed E-state index contributed by atoms with van der Waals surface area (Å²) in [5, 5.41) is 3.68. The van der Waals surface area contributed by atoms with Crippen LogP contribution in [0, 0.1) is 6.92 Å². The highest BCUT2D eigenvalue weighted by atomic mass is 16.6. The molecular formula is C25H22N2O2. The number of amides is 1. The van der Waals surface area contributed by atoms with Crippen molar-refractivity contribution in [3.8, 4) is 0 Å². The highest BCUT2D eigenvalue weighted by molar-refractivity contribution is 5.92. The third-order valence-electron chi connectivity index (χ3n) is 4.67. The van der Waals surface area contributed by atoms with Crippen molar-refractivity contribution >= 4 is 28.2 Å². The summed E-state index contributed by atoms with van der Waals surface area (Å²) in [4.78, 5) is 12.9. The Morgan fingerprint density at radius 3 is 2.28 bits per heavy atom. The molecule has 0 heterocycles. The summed E-state index contributed by atoms with van der Waals surface area (Å²) in [5.41, 5.74) is 6.78. The molecule has 0 bridgehead atoms. The third kappa shape index (κ3) is 4.55. The number of ether oxygens (including phenoxy) is 1. The molecule has 0 saturated heterocycles. The summed E-state index contributed by atoms with van der Waals surface area (Å²) < 4.78 is 5.56. The predicted octanol–water partition coefficient (Wildman–Crippen LogP) is 6.32. The minimum absolute atomic E-state index is 0.210. The fraction of sp³-hybridized carbons (Fsp3) is 0.0800. The Kier molecular flexibility index (Phi) is 5.43. The molecule has 4 aromatic rings. The fourth-order valence-electron chi connectivity index (χ4n) is 3.08. The lowest BCUT2D eigenvalue weighted by Crippen LogP contribution is -2.36. The second-order valence-electron chi connectivity index (χ2n) is 6.88. The van der Waals surface area contributed by atoms with Gasteiger partial charge in [-0.25, -0.2) is 4.79 Å². The summed E-state index contributed by atoms with van der Waals surface area (Å²) >= 11 is 0. The van der Waals surface area contributed by atoms with E-state index in [1.54, 1.807) is 0 Å². The second-order valence-corrected chi connectivity index (χ2v) is 6.88. The summed E-state index contributed by atoms with van der Waals surface area (Å²) in [7, 11) is 0. The first kappa shape index (κ1) is 18.6. The number of carbonyl (C=O) groups is 1. The van der Waals surface area contributed by atoms with Crippen LogP contribution in [0.3, 0.4) is 0 Å². The van der Waals surface area contributed by atoms with Gasteiger partial charge in [-0.05, 0) is 47.5 Å². The number of nitrogens with one attached hydrogen (secondary N) is 1. The van der Waals surface area contributed by atoms with Gasteiger partial charge in [-0.2, -0.15) is 5.01 Å². The van der Waals surface area contributed by atoms with E-state index in [-0.39, 0.29) is 6.61 Å². The van der Waals surface area contributed by atoms with Crippen LogP contribution in [0.2, 0.25) is 0 Å². The van der Waals surface area contributed by atoms with Crippen LogP contribution in [-0.4, -0.2) is 6.09 Å². The van der Waals surface area contributed by atoms with E-state index in [1.165, 1.54) is 5.01 Å². The van der Waals surface area contributed by atoms with E-state index >= 15 is 0 Å². The highest BCUT2D eigenvalue weighted by Crippen LogP contribution is 2.23. The zero-order valence-corrected chi connectivity index (χ0v) is 16.2. The topological polar surface area (TPSA) is 41.6 Å². The smallest absolute Gasteiger partial charge is 0.433 e. The van der Waals surface area contributed by atoms with Gasteiger partial charge in [0, 0.05) is 0 Å². The van der Waals surface area contributed by atoms with Crippen LogP contribution < -0.4 is 10.4 Å². The molecule has 0 aliphatic rings. The van der Waals surface area contributed by atoms with E-state index in [2.05, 4.69) is 11.5 Å². The van der Waals surface area contributed by atoms with E-state index < -0.39 is 6.09 Å². The fourth-order valence-corrected chi connectivity index (χ4v) is 3.08. The van der Waals surface area contributed by atoms with Crippen LogP contribution in [0.4, 0.5) is 16.2 Å². The number of nitrogens with zero attached hydrogens (tertiary/aromatic N) is 1. The van der Waals surface area contributed by atoms with E-state index in [1.807, 2.05) is 97.9 Å². The number of hydrazine groups is 1. The van der Waals surface area contributed by atoms with Gasteiger partial charge in [0.2, 0.25) is 0 Å². The van der Waals surface area contributed by atoms with Crippen molar-refractivity contribution in [2.75, 3.05) is 10.4 Å². The number of anilines is 2. The molecule has 4 heteroatoms. The zero-order chi connectivity index (χ0) is 20.1. The number of fused-ring (bicyclic) bond motifs is 1. The number of hydrogen-bond acceptors (Lipinski definition) is 3. The maximum atomic E-state index is 12.9. The number of aryl methyl sites for hydroxylation is 1. The monoisotopic (exact) mass is 382 g/mol. The molecule has 0 spiro atoms. The first-order chi connectivity index (χ1) is 14.2. The van der Waals surface area contributed by atoms with E-state index in [4.69, 9.17) is 4.74 Å². The molecule has 0 aliphatic heterocycles. The van der Waals surface area contributed by atoms with Crippen molar-refractivity contribution < 1.29 is 9.53 Å². The molecule has 4 aromatic carbocycles. The van der Waals surface area contributed by atoms with Gasteiger partial charge in [0.05, 0.1) is 11.4 Å². The molecule has 0 aromatic heterocycles. The van der Waals surface area contributed by atoms with E-state index in [0.29, 0.717) is 5.69 Å². The molecule has 1 amide bonds. The molecular weight excluding hydrogens is 360 g/mol. The summed E-state index contributed by atoms with van der Waals surface area (Å²) in [5.74, 6) is 0. The van der Waals surface area contributed by atoms with Crippen molar-refractivity contribution in [2.24, 2.45) is 0 Å². The van der Waals surface area contributed by atoms with Gasteiger partial charge in [-0.3, -0.25) is 5.43 Å². The molecule has 0 fully saturated rings. The van der Waals surface area contributed by atoms with Crippen LogP contribution in [0.15, 0.2) is 97.1 Å². The molecule has 0 saturated carbocycles. The SMILES string of the molecule is Cc1ccc(N(Nc2ccc3ccccc3c2)C(=O)OCc2ccccc2)cc1. The summed E-state index contributed by atoms with van der Waals surface area (Å²) in [6, 6.07) is 31.5. The molecule has 0 atom stereocenters. The first-order valence-electron chi connectivity index (χ1n) is 9.52. The maximum absolute atomic E-state index is 12.9. The predicted molar refractivity (Wildman–Crippen MR) is 118 cm³/mol. The largest absolute Gasteiger partial charge is 0.443 e. The summed E-state index contributed by atoms with van der Waals surface area (Å²) in [6.07, 6.45) is -0.467. The maximum Gasteiger partial charge on any atom is 0.433 e. The molecule has 1 N–H and O–H groups in total. The molecule has 0 radical (unpaired) electrons. The minimum atomic E-state index is -0.467. The van der Waals surface area contributed by atoms with Crippen molar-refractivity contribution in [3.63, 3.8) is 0 Å². The number of rotatable bonds is 5. The molecule has 4 nitrogen and oxygen atoms in total. The zero-order valence-electron chi connectivity index (χ0n) is 16.2. The van der Waals surface area contributed by atoms with Gasteiger partial charge in [-0.1, -0.05) is 78.4 Å². The van der Waals surface area contributed by atoms with Crippen LogP contribution in [0.1, 0.15) is 11.1 Å². The Labute approximate surface area is 170 Å². The lowest BCUT2D eigenvalue weighted by Gasteiger charge is -2.24. The molecule has 0 unspecified atom stereocenters. The highest BCUT2D eigenvalue weighted by Gasteiger charge is 2.18. The quantitative estimate of drug-likeness (QED) is 0.411. The Hall–Kier alpha value is -3.79. The molecule has 29 heavy (non-hydrogen) atoms. The van der Waals surface area contributed by atoms with Gasteiger partial charge in [0.1, 0.15) is 6.61 Å². The van der Waals surface area contributed by atoms with Gasteiger partial charge in [0.15, 0.2) is 0 Å². The Morgan fingerprint density at radius 1 is 0.828 bits per heavy atom. The second kappa shape index (κ2) is 8.48. The summed E-state index contributed by atoms with van der Waals surface area (Å²) in [6.45, 7) is 2.22. The Morgan fingerprint density at radius 2 is 1.52 bits per heavy atom. The minimum Gasteiger partial charge on any atom is -0.443 e. The van der Waals surface area contributed by atoms with Crippen LogP contribution in [-0.2, 0) is 11.3 Å². The number of hydrogen-bond donors (Lipinski definition) is 1. The lowest BCUT2D eigenvalue weighted by molar-refractivity contribution is 0.148. The van der Waals surface area contributed by atoms with Gasteiger partial charge in [0.25, 0.3) is 0 Å². The van der Waals surface area contributed by atoms with Crippen molar-refractivity contribution in [1.29, 1.82) is 0 Å². The van der Waals surface area contributed by atoms with Crippen LogP contribution in [0.25, 0.3) is 10.8 Å². The van der Waals surface area contributed by atoms with E-state index in [0.717, 1.165) is 27.6 Å². The normalized spacial score (nSPS) is 10.5. The third-order valence-corrected chi connectivity index (χ3v) is 4.67. The average Bonchev–Trinajstić information content (AvgIpc) is 2.77. The number of benzene rings is 4. The van der Waals surface area contributed by atoms with Crippen LogP contribution in [0.5, 0.6) is 0 Å². The van der Waals surface area contributed by atoms with Crippen LogP contribution >= 0.6 is 0 Å². The Bertz CT molecular complexity index is 1110. The Balaban J connectivity index is 1.58. The standard InChI is InChI=1S/C25H22N2O2/c1-19-11-15-24(16-12-19)27(25(28)29-18-20-7-3-2-4-8-20)26-23-14-13-21-9-5-6-10-22(21)17-23/h2-17,26H,18H2,1H3. The lowest BCUT2D eigenvalue weighted by atomic mass is 10.1. The van der Waals surface area contributed by atoms with Gasteiger partial charge < -0.3 is 4.74 Å². The van der Waals surface area contributed by atoms with Crippen molar-refractivity contribution in [2.45, 2.75) is 13.5 Å². The molecule has 144 valence electrons.